The predicted molar refractivity (Wildman–Crippen MR) is 101 cm³/mol. The van der Waals surface area contributed by atoms with Crippen molar-refractivity contribution in [3.05, 3.63) is 58.1 Å². The van der Waals surface area contributed by atoms with Crippen molar-refractivity contribution in [2.45, 2.75) is 24.8 Å². The van der Waals surface area contributed by atoms with E-state index in [0.29, 0.717) is 5.75 Å². The van der Waals surface area contributed by atoms with Crippen LogP contribution in [0, 0.1) is 16.0 Å². The smallest absolute Gasteiger partial charge is 0.312 e. The zero-order valence-corrected chi connectivity index (χ0v) is 16.3. The maximum absolute atomic E-state index is 12.8. The number of nitrogens with zero attached hydrogens (tertiary/aromatic N) is 1. The van der Waals surface area contributed by atoms with E-state index < -0.39 is 26.7 Å². The molecule has 0 unspecified atom stereocenters. The second-order valence-corrected chi connectivity index (χ2v) is 7.92. The molecule has 146 valence electrons. The average Bonchev–Trinajstić information content (AvgIpc) is 2.65. The highest BCUT2D eigenvalue weighted by molar-refractivity contribution is 7.89. The first-order chi connectivity index (χ1) is 12.7. The van der Waals surface area contributed by atoms with Crippen LogP contribution in [-0.4, -0.2) is 27.6 Å². The summed E-state index contributed by atoms with van der Waals surface area (Å²) in [6, 6.07) is 10.1. The molecule has 0 saturated carbocycles. The molecule has 0 radical (unpaired) electrons. The fraction of sp³-hybridized carbons (Fsp3) is 0.333. The van der Waals surface area contributed by atoms with E-state index >= 15 is 0 Å². The second kappa shape index (κ2) is 8.36. The fourth-order valence-corrected chi connectivity index (χ4v) is 4.01. The molecular formula is C18H22N2O6S. The van der Waals surface area contributed by atoms with Gasteiger partial charge in [-0.2, -0.15) is 0 Å². The summed E-state index contributed by atoms with van der Waals surface area (Å²) < 4.78 is 38.3. The quantitative estimate of drug-likeness (QED) is 0.544. The van der Waals surface area contributed by atoms with Gasteiger partial charge in [-0.1, -0.05) is 26.0 Å². The molecular weight excluding hydrogens is 372 g/mol. The molecule has 8 nitrogen and oxygen atoms in total. The lowest BCUT2D eigenvalue weighted by atomic mass is 9.97. The number of nitrogens with one attached hydrogen (secondary N) is 1. The lowest BCUT2D eigenvalue weighted by Crippen LogP contribution is -2.31. The Labute approximate surface area is 158 Å². The Kier molecular flexibility index (Phi) is 6.40. The molecule has 1 N–H and O–H groups in total. The molecule has 9 heteroatoms. The van der Waals surface area contributed by atoms with Crippen LogP contribution in [0.15, 0.2) is 47.4 Å². The molecule has 0 saturated heterocycles. The number of hydrogen-bond donors (Lipinski definition) is 1. The van der Waals surface area contributed by atoms with Crippen LogP contribution in [0.4, 0.5) is 5.69 Å². The highest BCUT2D eigenvalue weighted by Crippen LogP contribution is 2.31. The largest absolute Gasteiger partial charge is 0.497 e. The average molecular weight is 394 g/mol. The third-order valence-corrected chi connectivity index (χ3v) is 5.52. The summed E-state index contributed by atoms with van der Waals surface area (Å²) in [6.45, 7) is 3.77. The molecule has 0 amide bonds. The third-order valence-electron chi connectivity index (χ3n) is 4.08. The summed E-state index contributed by atoms with van der Waals surface area (Å²) in [5.74, 6) is 0.603. The monoisotopic (exact) mass is 394 g/mol. The van der Waals surface area contributed by atoms with Crippen LogP contribution in [0.3, 0.4) is 0 Å². The van der Waals surface area contributed by atoms with Crippen LogP contribution in [-0.2, 0) is 10.0 Å². The van der Waals surface area contributed by atoms with Crippen molar-refractivity contribution in [1.82, 2.24) is 4.72 Å². The highest BCUT2D eigenvalue weighted by Gasteiger charge is 2.27. The predicted octanol–water partition coefficient (Wildman–Crippen LogP) is 3.29. The van der Waals surface area contributed by atoms with Gasteiger partial charge in [0.2, 0.25) is 10.0 Å². The summed E-state index contributed by atoms with van der Waals surface area (Å²) in [5.41, 5.74) is 0.350. The van der Waals surface area contributed by atoms with Crippen LogP contribution in [0.1, 0.15) is 25.5 Å². The van der Waals surface area contributed by atoms with Gasteiger partial charge in [-0.05, 0) is 35.7 Å². The van der Waals surface area contributed by atoms with Crippen LogP contribution in [0.2, 0.25) is 0 Å². The Morgan fingerprint density at radius 1 is 1.04 bits per heavy atom. The molecule has 0 aliphatic carbocycles. The van der Waals surface area contributed by atoms with Crippen LogP contribution >= 0.6 is 0 Å². The van der Waals surface area contributed by atoms with E-state index in [4.69, 9.17) is 9.47 Å². The molecule has 2 aromatic rings. The van der Waals surface area contributed by atoms with Crippen LogP contribution < -0.4 is 14.2 Å². The number of ether oxygens (including phenoxy) is 2. The molecule has 2 aromatic carbocycles. The van der Waals surface area contributed by atoms with E-state index in [-0.39, 0.29) is 16.6 Å². The molecule has 0 fully saturated rings. The van der Waals surface area contributed by atoms with Gasteiger partial charge in [0.25, 0.3) is 0 Å². The molecule has 0 aromatic heterocycles. The van der Waals surface area contributed by atoms with E-state index in [0.717, 1.165) is 11.6 Å². The first kappa shape index (κ1) is 20.7. The Bertz CT molecular complexity index is 910. The zero-order valence-electron chi connectivity index (χ0n) is 15.5. The number of benzene rings is 2. The summed E-state index contributed by atoms with van der Waals surface area (Å²) in [4.78, 5) is 10.3. The third kappa shape index (κ3) is 4.75. The SMILES string of the molecule is COc1ccc([C@@H](NS(=O)(=O)c2ccc(OC)c([N+](=O)[O-])c2)C(C)C)cc1. The van der Waals surface area contributed by atoms with Gasteiger partial charge in [-0.25, -0.2) is 13.1 Å². The van der Waals surface area contributed by atoms with Gasteiger partial charge in [-0.3, -0.25) is 10.1 Å². The maximum atomic E-state index is 12.8. The van der Waals surface area contributed by atoms with Gasteiger partial charge in [0.05, 0.1) is 24.0 Å². The first-order valence-electron chi connectivity index (χ1n) is 8.18. The van der Waals surface area contributed by atoms with E-state index in [1.807, 2.05) is 13.8 Å². The lowest BCUT2D eigenvalue weighted by molar-refractivity contribution is -0.386. The Morgan fingerprint density at radius 2 is 1.67 bits per heavy atom. The van der Waals surface area contributed by atoms with Gasteiger partial charge in [0.15, 0.2) is 5.75 Å². The fourth-order valence-electron chi connectivity index (χ4n) is 2.62. The Morgan fingerprint density at radius 3 is 2.15 bits per heavy atom. The number of nitro benzene ring substituents is 1. The molecule has 0 aliphatic rings. The van der Waals surface area contributed by atoms with Gasteiger partial charge in [0, 0.05) is 12.1 Å². The van der Waals surface area contributed by atoms with E-state index in [1.54, 1.807) is 31.4 Å². The first-order valence-corrected chi connectivity index (χ1v) is 9.66. The second-order valence-electron chi connectivity index (χ2n) is 6.21. The molecule has 27 heavy (non-hydrogen) atoms. The lowest BCUT2D eigenvalue weighted by Gasteiger charge is -2.23. The van der Waals surface area contributed by atoms with E-state index in [1.165, 1.54) is 19.2 Å². The Hall–Kier alpha value is -2.65. The minimum atomic E-state index is -3.99. The van der Waals surface area contributed by atoms with Crippen molar-refractivity contribution in [2.75, 3.05) is 14.2 Å². The molecule has 0 spiro atoms. The van der Waals surface area contributed by atoms with Crippen LogP contribution in [0.5, 0.6) is 11.5 Å². The maximum Gasteiger partial charge on any atom is 0.312 e. The summed E-state index contributed by atoms with van der Waals surface area (Å²) in [5, 5.41) is 11.2. The number of nitro groups is 1. The standard InChI is InChI=1S/C18H22N2O6S/c1-12(2)18(13-5-7-14(25-3)8-6-13)19-27(23,24)15-9-10-17(26-4)16(11-15)20(21)22/h5-12,18-19H,1-4H3/t18-/m0/s1. The number of rotatable bonds is 8. The van der Waals surface area contributed by atoms with Crippen LogP contribution in [0.25, 0.3) is 0 Å². The van der Waals surface area contributed by atoms with Gasteiger partial charge >= 0.3 is 5.69 Å². The molecule has 0 bridgehead atoms. The van der Waals surface area contributed by atoms with Gasteiger partial charge < -0.3 is 9.47 Å². The van der Waals surface area contributed by atoms with Crippen molar-refractivity contribution >= 4 is 15.7 Å². The Balaban J connectivity index is 2.39. The van der Waals surface area contributed by atoms with Gasteiger partial charge in [-0.15, -0.1) is 0 Å². The molecule has 2 rings (SSSR count). The highest BCUT2D eigenvalue weighted by atomic mass is 32.2. The number of sulfonamides is 1. The zero-order chi connectivity index (χ0) is 20.2. The normalized spacial score (nSPS) is 12.6. The van der Waals surface area contributed by atoms with Crippen molar-refractivity contribution in [3.8, 4) is 11.5 Å². The van der Waals surface area contributed by atoms with Crippen molar-refractivity contribution in [3.63, 3.8) is 0 Å². The number of methoxy groups -OCH3 is 2. The number of hydrogen-bond acceptors (Lipinski definition) is 6. The van der Waals surface area contributed by atoms with E-state index in [9.17, 15) is 18.5 Å². The summed E-state index contributed by atoms with van der Waals surface area (Å²) in [7, 11) is -1.16. The molecule has 0 heterocycles. The summed E-state index contributed by atoms with van der Waals surface area (Å²) in [6.07, 6.45) is 0. The minimum Gasteiger partial charge on any atom is -0.497 e. The van der Waals surface area contributed by atoms with Crippen molar-refractivity contribution in [1.29, 1.82) is 0 Å². The molecule has 1 atom stereocenters. The van der Waals surface area contributed by atoms with Gasteiger partial charge in [0.1, 0.15) is 5.75 Å². The molecule has 0 aliphatic heterocycles. The summed E-state index contributed by atoms with van der Waals surface area (Å²) >= 11 is 0. The topological polar surface area (TPSA) is 108 Å². The van der Waals surface area contributed by atoms with E-state index in [2.05, 4.69) is 4.72 Å². The minimum absolute atomic E-state index is 0.00508. The van der Waals surface area contributed by atoms with Crippen molar-refractivity contribution in [2.24, 2.45) is 5.92 Å². The van der Waals surface area contributed by atoms with Crippen molar-refractivity contribution < 1.29 is 22.8 Å².